The van der Waals surface area contributed by atoms with Gasteiger partial charge in [-0.15, -0.1) is 0 Å². The van der Waals surface area contributed by atoms with Gasteiger partial charge in [-0.2, -0.15) is 0 Å². The largest absolute Gasteiger partial charge is 0.370 e. The van der Waals surface area contributed by atoms with Crippen molar-refractivity contribution in [1.82, 2.24) is 15.3 Å². The summed E-state index contributed by atoms with van der Waals surface area (Å²) < 4.78 is 0. The minimum Gasteiger partial charge on any atom is -0.370 e. The molecule has 0 radical (unpaired) electrons. The second kappa shape index (κ2) is 8.69. The van der Waals surface area contributed by atoms with Gasteiger partial charge in [0.15, 0.2) is 0 Å². The normalized spacial score (nSPS) is 10.4. The van der Waals surface area contributed by atoms with Crippen molar-refractivity contribution < 1.29 is 0 Å². The summed E-state index contributed by atoms with van der Waals surface area (Å²) >= 11 is 0. The van der Waals surface area contributed by atoms with Gasteiger partial charge < -0.3 is 15.5 Å². The molecule has 0 aromatic carbocycles. The number of hydrogen-bond donors (Lipinski definition) is 2. The lowest BCUT2D eigenvalue weighted by molar-refractivity contribution is 0.708. The van der Waals surface area contributed by atoms with E-state index in [1.807, 2.05) is 13.1 Å². The first-order valence-corrected chi connectivity index (χ1v) is 6.69. The quantitative estimate of drug-likeness (QED) is 0.655. The Bertz CT molecular complexity index is 329. The van der Waals surface area contributed by atoms with Crippen molar-refractivity contribution >= 4 is 11.6 Å². The summed E-state index contributed by atoms with van der Waals surface area (Å²) in [6, 6.07) is 2.01. The summed E-state index contributed by atoms with van der Waals surface area (Å²) in [6.07, 6.45) is 5.08. The fraction of sp³-hybridized carbons (Fsp3) is 0.692. The van der Waals surface area contributed by atoms with Crippen LogP contribution in [0.25, 0.3) is 0 Å². The Kier molecular flexibility index (Phi) is 7.10. The highest BCUT2D eigenvalue weighted by atomic mass is 15.2. The number of hydrogen-bond acceptors (Lipinski definition) is 5. The van der Waals surface area contributed by atoms with Crippen LogP contribution in [0.1, 0.15) is 26.2 Å². The summed E-state index contributed by atoms with van der Waals surface area (Å²) in [4.78, 5) is 10.7. The summed E-state index contributed by atoms with van der Waals surface area (Å²) in [5.74, 6) is 1.88. The van der Waals surface area contributed by atoms with E-state index in [2.05, 4.69) is 39.5 Å². The molecule has 102 valence electrons. The Balaban J connectivity index is 2.47. The van der Waals surface area contributed by atoms with Gasteiger partial charge in [-0.25, -0.2) is 9.97 Å². The van der Waals surface area contributed by atoms with Crippen molar-refractivity contribution in [2.45, 2.75) is 26.2 Å². The minimum absolute atomic E-state index is 0.911. The smallest absolute Gasteiger partial charge is 0.133 e. The van der Waals surface area contributed by atoms with Crippen LogP contribution in [0.2, 0.25) is 0 Å². The van der Waals surface area contributed by atoms with Crippen LogP contribution >= 0.6 is 0 Å². The van der Waals surface area contributed by atoms with E-state index in [1.165, 1.54) is 6.42 Å². The molecule has 5 nitrogen and oxygen atoms in total. The molecular formula is C13H25N5. The fourth-order valence-corrected chi connectivity index (χ4v) is 1.65. The third-order valence-electron chi connectivity index (χ3n) is 2.80. The summed E-state index contributed by atoms with van der Waals surface area (Å²) in [6.45, 7) is 5.17. The van der Waals surface area contributed by atoms with Gasteiger partial charge >= 0.3 is 0 Å². The molecule has 0 aliphatic rings. The van der Waals surface area contributed by atoms with Crippen LogP contribution in [0.3, 0.4) is 0 Å². The maximum Gasteiger partial charge on any atom is 0.133 e. The molecule has 1 rings (SSSR count). The first-order valence-electron chi connectivity index (χ1n) is 6.69. The SMILES string of the molecule is CCCCNc1cc(N(C)CCCNC)ncn1. The van der Waals surface area contributed by atoms with Crippen LogP contribution < -0.4 is 15.5 Å². The summed E-state index contributed by atoms with van der Waals surface area (Å²) in [5.41, 5.74) is 0. The summed E-state index contributed by atoms with van der Waals surface area (Å²) in [5, 5.41) is 6.47. The molecule has 1 aromatic heterocycles. The van der Waals surface area contributed by atoms with Crippen LogP contribution in [0, 0.1) is 0 Å². The van der Waals surface area contributed by atoms with E-state index >= 15 is 0 Å². The van der Waals surface area contributed by atoms with Crippen molar-refractivity contribution in [2.24, 2.45) is 0 Å². The standard InChI is InChI=1S/C13H25N5/c1-4-5-8-15-12-10-13(17-11-16-12)18(3)9-6-7-14-2/h10-11,14H,4-9H2,1-3H3,(H,15,16,17). The zero-order valence-electron chi connectivity index (χ0n) is 11.7. The molecular weight excluding hydrogens is 226 g/mol. The lowest BCUT2D eigenvalue weighted by Crippen LogP contribution is -2.23. The highest BCUT2D eigenvalue weighted by Crippen LogP contribution is 2.12. The molecule has 18 heavy (non-hydrogen) atoms. The topological polar surface area (TPSA) is 53.1 Å². The number of aromatic nitrogens is 2. The minimum atomic E-state index is 0.911. The first kappa shape index (κ1) is 14.7. The van der Waals surface area contributed by atoms with E-state index in [4.69, 9.17) is 0 Å². The van der Waals surface area contributed by atoms with E-state index in [9.17, 15) is 0 Å². The van der Waals surface area contributed by atoms with Crippen molar-refractivity contribution in [3.63, 3.8) is 0 Å². The second-order valence-electron chi connectivity index (χ2n) is 4.42. The molecule has 1 aromatic rings. The van der Waals surface area contributed by atoms with Crippen LogP contribution in [0.15, 0.2) is 12.4 Å². The molecule has 0 fully saturated rings. The van der Waals surface area contributed by atoms with Gasteiger partial charge in [-0.05, 0) is 26.4 Å². The third kappa shape index (κ3) is 5.31. The molecule has 0 spiro atoms. The Morgan fingerprint density at radius 2 is 2.06 bits per heavy atom. The highest BCUT2D eigenvalue weighted by Gasteiger charge is 2.03. The van der Waals surface area contributed by atoms with Crippen LogP contribution in [0.4, 0.5) is 11.6 Å². The Hall–Kier alpha value is -1.36. The molecule has 0 aliphatic heterocycles. The van der Waals surface area contributed by atoms with Crippen LogP contribution in [-0.2, 0) is 0 Å². The zero-order valence-corrected chi connectivity index (χ0v) is 11.7. The maximum absolute atomic E-state index is 4.30. The average Bonchev–Trinajstić information content (AvgIpc) is 2.39. The van der Waals surface area contributed by atoms with Gasteiger partial charge in [0, 0.05) is 26.2 Å². The van der Waals surface area contributed by atoms with Crippen molar-refractivity contribution in [1.29, 1.82) is 0 Å². The maximum atomic E-state index is 4.30. The lowest BCUT2D eigenvalue weighted by Gasteiger charge is -2.18. The molecule has 0 saturated carbocycles. The Labute approximate surface area is 110 Å². The van der Waals surface area contributed by atoms with E-state index in [-0.39, 0.29) is 0 Å². The highest BCUT2D eigenvalue weighted by molar-refractivity contribution is 5.47. The van der Waals surface area contributed by atoms with Gasteiger partial charge in [0.2, 0.25) is 0 Å². The van der Waals surface area contributed by atoms with E-state index in [0.717, 1.165) is 44.1 Å². The van der Waals surface area contributed by atoms with Crippen LogP contribution in [-0.4, -0.2) is 43.7 Å². The van der Waals surface area contributed by atoms with Crippen molar-refractivity contribution in [3.05, 3.63) is 12.4 Å². The van der Waals surface area contributed by atoms with Gasteiger partial charge in [-0.1, -0.05) is 13.3 Å². The molecule has 0 amide bonds. The van der Waals surface area contributed by atoms with Crippen LogP contribution in [0.5, 0.6) is 0 Å². The number of unbranched alkanes of at least 4 members (excludes halogenated alkanes) is 1. The number of anilines is 2. The van der Waals surface area contributed by atoms with E-state index in [1.54, 1.807) is 6.33 Å². The molecule has 0 aliphatic carbocycles. The Morgan fingerprint density at radius 3 is 2.78 bits per heavy atom. The van der Waals surface area contributed by atoms with Gasteiger partial charge in [0.05, 0.1) is 0 Å². The number of nitrogens with one attached hydrogen (secondary N) is 2. The number of nitrogens with zero attached hydrogens (tertiary/aromatic N) is 3. The van der Waals surface area contributed by atoms with E-state index < -0.39 is 0 Å². The summed E-state index contributed by atoms with van der Waals surface area (Å²) in [7, 11) is 4.04. The van der Waals surface area contributed by atoms with Gasteiger partial charge in [0.25, 0.3) is 0 Å². The van der Waals surface area contributed by atoms with Crippen molar-refractivity contribution in [3.8, 4) is 0 Å². The van der Waals surface area contributed by atoms with Crippen molar-refractivity contribution in [2.75, 3.05) is 43.9 Å². The predicted octanol–water partition coefficient (Wildman–Crippen LogP) is 1.73. The molecule has 2 N–H and O–H groups in total. The molecule has 0 bridgehead atoms. The molecule has 0 atom stereocenters. The second-order valence-corrected chi connectivity index (χ2v) is 4.42. The Morgan fingerprint density at radius 1 is 1.22 bits per heavy atom. The van der Waals surface area contributed by atoms with Gasteiger partial charge in [0.1, 0.15) is 18.0 Å². The monoisotopic (exact) mass is 251 g/mol. The molecule has 5 heteroatoms. The first-order chi connectivity index (χ1) is 8.77. The predicted molar refractivity (Wildman–Crippen MR) is 77.2 cm³/mol. The lowest BCUT2D eigenvalue weighted by atomic mass is 10.3. The fourth-order valence-electron chi connectivity index (χ4n) is 1.65. The average molecular weight is 251 g/mol. The molecule has 0 saturated heterocycles. The molecule has 1 heterocycles. The number of rotatable bonds is 9. The van der Waals surface area contributed by atoms with E-state index in [0.29, 0.717) is 0 Å². The zero-order chi connectivity index (χ0) is 13.2. The molecule has 0 unspecified atom stereocenters. The third-order valence-corrected chi connectivity index (χ3v) is 2.80. The van der Waals surface area contributed by atoms with Gasteiger partial charge in [-0.3, -0.25) is 0 Å².